The van der Waals surface area contributed by atoms with Gasteiger partial charge < -0.3 is 0 Å². The molecule has 0 saturated heterocycles. The minimum atomic E-state index is -0.485. The third kappa shape index (κ3) is 2.65. The van der Waals surface area contributed by atoms with E-state index in [1.54, 1.807) is 20.7 Å². The number of carbonyl (C=O) groups excluding carboxylic acids is 1. The van der Waals surface area contributed by atoms with Crippen LogP contribution in [0.5, 0.6) is 0 Å². The van der Waals surface area contributed by atoms with E-state index < -0.39 is 5.54 Å². The molecular formula is C24H19NOS3. The van der Waals surface area contributed by atoms with E-state index in [9.17, 15) is 4.79 Å². The predicted octanol–water partition coefficient (Wildman–Crippen LogP) is 7.56. The molecule has 0 atom stereocenters. The third-order valence-electron chi connectivity index (χ3n) is 5.70. The van der Waals surface area contributed by atoms with Crippen molar-refractivity contribution in [2.75, 3.05) is 4.90 Å². The van der Waals surface area contributed by atoms with E-state index in [4.69, 9.17) is 12.2 Å². The van der Waals surface area contributed by atoms with Gasteiger partial charge in [-0.2, -0.15) is 0 Å². The first-order chi connectivity index (χ1) is 13.9. The lowest BCUT2D eigenvalue weighted by atomic mass is 9.85. The fourth-order valence-corrected chi connectivity index (χ4v) is 7.60. The monoisotopic (exact) mass is 433 g/mol. The molecule has 2 heterocycles. The number of benzene rings is 3. The normalized spacial score (nSPS) is 14.5. The lowest BCUT2D eigenvalue weighted by Crippen LogP contribution is -2.48. The molecule has 5 heteroatoms. The van der Waals surface area contributed by atoms with Gasteiger partial charge in [-0.3, -0.25) is 9.69 Å². The predicted molar refractivity (Wildman–Crippen MR) is 127 cm³/mol. The molecule has 3 aromatic carbocycles. The lowest BCUT2D eigenvalue weighted by Gasteiger charge is -2.43. The standard InChI is InChI=1S/C24H19NOS3/c1-14-8-6-13-18-19-21(28-29-23(19)27)24(2,3)25(20(14)18)22(26)17-12-7-10-15-9-4-5-11-16(15)17/h4-13H,1-3H3. The molecule has 1 aliphatic rings. The second-order valence-electron chi connectivity index (χ2n) is 7.86. The summed E-state index contributed by atoms with van der Waals surface area (Å²) < 4.78 is 0.905. The second-order valence-corrected chi connectivity index (χ2v) is 10.7. The van der Waals surface area contributed by atoms with E-state index in [1.807, 2.05) is 41.3 Å². The summed E-state index contributed by atoms with van der Waals surface area (Å²) >= 11 is 5.68. The Labute approximate surface area is 182 Å². The van der Waals surface area contributed by atoms with Gasteiger partial charge in [-0.1, -0.05) is 87.5 Å². The van der Waals surface area contributed by atoms with Crippen molar-refractivity contribution >= 4 is 55.3 Å². The van der Waals surface area contributed by atoms with Crippen LogP contribution in [0.15, 0.2) is 60.7 Å². The van der Waals surface area contributed by atoms with Crippen LogP contribution in [-0.2, 0) is 5.54 Å². The molecule has 0 saturated carbocycles. The number of hydrogen-bond acceptors (Lipinski definition) is 4. The Balaban J connectivity index is 1.81. The maximum absolute atomic E-state index is 14.1. The lowest BCUT2D eigenvalue weighted by molar-refractivity contribution is 0.0963. The highest BCUT2D eigenvalue weighted by Gasteiger charge is 2.44. The van der Waals surface area contributed by atoms with Crippen LogP contribution in [0.2, 0.25) is 0 Å². The molecule has 5 rings (SSSR count). The van der Waals surface area contributed by atoms with Gasteiger partial charge in [-0.05, 0) is 43.2 Å². The number of para-hydroxylation sites is 1. The van der Waals surface area contributed by atoms with E-state index in [0.717, 1.165) is 42.5 Å². The molecule has 0 bridgehead atoms. The molecule has 1 aromatic heterocycles. The average Bonchev–Trinajstić information content (AvgIpc) is 3.11. The van der Waals surface area contributed by atoms with Crippen LogP contribution in [0.4, 0.5) is 5.69 Å². The Morgan fingerprint density at radius 3 is 2.52 bits per heavy atom. The van der Waals surface area contributed by atoms with Gasteiger partial charge >= 0.3 is 0 Å². The highest BCUT2D eigenvalue weighted by Crippen LogP contribution is 2.53. The van der Waals surface area contributed by atoms with Crippen LogP contribution in [0.1, 0.15) is 34.6 Å². The zero-order chi connectivity index (χ0) is 20.3. The Hall–Kier alpha value is -2.34. The van der Waals surface area contributed by atoms with Gasteiger partial charge in [0, 0.05) is 16.7 Å². The number of hydrogen-bond donors (Lipinski definition) is 0. The van der Waals surface area contributed by atoms with E-state index in [0.29, 0.717) is 0 Å². The molecule has 1 amide bonds. The number of carbonyl (C=O) groups is 1. The number of amides is 1. The molecule has 0 fully saturated rings. The fraction of sp³-hybridized carbons (Fsp3) is 0.167. The van der Waals surface area contributed by atoms with Crippen LogP contribution >= 0.6 is 32.9 Å². The summed E-state index contributed by atoms with van der Waals surface area (Å²) in [5.74, 6) is 0.0253. The maximum atomic E-state index is 14.1. The molecule has 0 N–H and O–H groups in total. The SMILES string of the molecule is Cc1cccc2c1N(C(=O)c1cccc3ccccc13)C(C)(C)c1ssc(=S)c1-2. The molecule has 0 radical (unpaired) electrons. The van der Waals surface area contributed by atoms with Crippen molar-refractivity contribution in [2.45, 2.75) is 26.3 Å². The summed E-state index contributed by atoms with van der Waals surface area (Å²) in [6.07, 6.45) is 0. The highest BCUT2D eigenvalue weighted by molar-refractivity contribution is 7.80. The summed E-state index contributed by atoms with van der Waals surface area (Å²) in [5.41, 5.74) is 4.49. The van der Waals surface area contributed by atoms with Crippen LogP contribution < -0.4 is 4.90 Å². The van der Waals surface area contributed by atoms with Gasteiger partial charge in [-0.15, -0.1) is 0 Å². The van der Waals surface area contributed by atoms with Crippen LogP contribution in [0.25, 0.3) is 21.9 Å². The Bertz CT molecular complexity index is 1340. The number of anilines is 1. The highest BCUT2D eigenvalue weighted by atomic mass is 32.9. The van der Waals surface area contributed by atoms with Gasteiger partial charge in [0.05, 0.1) is 16.1 Å². The van der Waals surface area contributed by atoms with Crippen LogP contribution in [0, 0.1) is 10.7 Å². The van der Waals surface area contributed by atoms with Gasteiger partial charge in [0.25, 0.3) is 5.91 Å². The van der Waals surface area contributed by atoms with Crippen LogP contribution in [0.3, 0.4) is 0 Å². The molecule has 144 valence electrons. The van der Waals surface area contributed by atoms with Gasteiger partial charge in [-0.25, -0.2) is 0 Å². The van der Waals surface area contributed by atoms with Crippen molar-refractivity contribution in [1.82, 2.24) is 0 Å². The number of nitrogens with zero attached hydrogens (tertiary/aromatic N) is 1. The summed E-state index contributed by atoms with van der Waals surface area (Å²) in [6, 6.07) is 20.2. The smallest absolute Gasteiger partial charge is 0.259 e. The van der Waals surface area contributed by atoms with E-state index in [1.165, 1.54) is 4.88 Å². The first kappa shape index (κ1) is 18.7. The average molecular weight is 434 g/mol. The molecule has 29 heavy (non-hydrogen) atoms. The number of rotatable bonds is 1. The minimum absolute atomic E-state index is 0.0253. The maximum Gasteiger partial charge on any atom is 0.259 e. The van der Waals surface area contributed by atoms with Gasteiger partial charge in [0.1, 0.15) is 3.82 Å². The summed E-state index contributed by atoms with van der Waals surface area (Å²) in [4.78, 5) is 17.2. The molecule has 4 aromatic rings. The molecular weight excluding hydrogens is 414 g/mol. The molecule has 2 nitrogen and oxygen atoms in total. The minimum Gasteiger partial charge on any atom is -0.297 e. The van der Waals surface area contributed by atoms with E-state index >= 15 is 0 Å². The Kier molecular flexibility index (Phi) is 4.24. The largest absolute Gasteiger partial charge is 0.297 e. The zero-order valence-corrected chi connectivity index (χ0v) is 18.8. The summed E-state index contributed by atoms with van der Waals surface area (Å²) in [6.45, 7) is 6.33. The van der Waals surface area contributed by atoms with E-state index in [-0.39, 0.29) is 5.91 Å². The Morgan fingerprint density at radius 2 is 1.69 bits per heavy atom. The second kappa shape index (κ2) is 6.59. The third-order valence-corrected chi connectivity index (χ3v) is 9.03. The number of fused-ring (bicyclic) bond motifs is 4. The summed E-state index contributed by atoms with van der Waals surface area (Å²) in [5, 5.41) is 2.06. The first-order valence-corrected chi connectivity index (χ1v) is 12.0. The molecule has 0 aliphatic carbocycles. The van der Waals surface area contributed by atoms with Gasteiger partial charge in [0.2, 0.25) is 0 Å². The van der Waals surface area contributed by atoms with Crippen molar-refractivity contribution in [3.05, 3.63) is 80.5 Å². The first-order valence-electron chi connectivity index (χ1n) is 9.47. The van der Waals surface area contributed by atoms with Gasteiger partial charge in [0.15, 0.2) is 0 Å². The Morgan fingerprint density at radius 1 is 0.966 bits per heavy atom. The molecule has 0 unspecified atom stereocenters. The summed E-state index contributed by atoms with van der Waals surface area (Å²) in [7, 11) is 3.31. The quantitative estimate of drug-likeness (QED) is 0.228. The van der Waals surface area contributed by atoms with Crippen molar-refractivity contribution in [3.8, 4) is 11.1 Å². The molecule has 0 spiro atoms. The van der Waals surface area contributed by atoms with Crippen molar-refractivity contribution < 1.29 is 4.79 Å². The van der Waals surface area contributed by atoms with Crippen molar-refractivity contribution in [1.29, 1.82) is 0 Å². The fourth-order valence-electron chi connectivity index (χ4n) is 4.32. The number of aryl methyl sites for hydroxylation is 1. The molecule has 1 aliphatic heterocycles. The topological polar surface area (TPSA) is 20.3 Å². The van der Waals surface area contributed by atoms with Crippen molar-refractivity contribution in [3.63, 3.8) is 0 Å². The van der Waals surface area contributed by atoms with Crippen LogP contribution in [-0.4, -0.2) is 5.91 Å². The van der Waals surface area contributed by atoms with Crippen molar-refractivity contribution in [2.24, 2.45) is 0 Å². The zero-order valence-electron chi connectivity index (χ0n) is 16.4. The van der Waals surface area contributed by atoms with E-state index in [2.05, 4.69) is 45.0 Å².